The Morgan fingerprint density at radius 3 is 2.50 bits per heavy atom. The maximum Gasteiger partial charge on any atom is 0.326 e. The maximum absolute atomic E-state index is 11.8. The van der Waals surface area contributed by atoms with Gasteiger partial charge in [-0.25, -0.2) is 0 Å². The summed E-state index contributed by atoms with van der Waals surface area (Å²) in [7, 11) is 0. The van der Waals surface area contributed by atoms with Crippen LogP contribution in [-0.4, -0.2) is 11.5 Å². The number of ether oxygens (including phenoxy) is 1. The monoisotopic (exact) mass is 219 g/mol. The molecule has 1 saturated carbocycles. The second-order valence-electron chi connectivity index (χ2n) is 4.47. The number of nitrogens with two attached hydrogens (primary N) is 1. The third kappa shape index (κ3) is 2.09. The minimum Gasteiger partial charge on any atom is -0.456 e. The van der Waals surface area contributed by atoms with E-state index in [1.54, 1.807) is 0 Å². The summed E-state index contributed by atoms with van der Waals surface area (Å²) >= 11 is 0. The second kappa shape index (κ2) is 4.26. The van der Waals surface area contributed by atoms with Crippen molar-refractivity contribution in [1.82, 2.24) is 0 Å². The molecular weight excluding hydrogens is 202 g/mol. The summed E-state index contributed by atoms with van der Waals surface area (Å²) in [6.07, 6.45) is 2.28. The summed E-state index contributed by atoms with van der Waals surface area (Å²) in [5.41, 5.74) is 6.18. The van der Waals surface area contributed by atoms with Crippen molar-refractivity contribution >= 4 is 5.97 Å². The van der Waals surface area contributed by atoms with Gasteiger partial charge in [-0.15, -0.1) is 0 Å². The number of esters is 1. The van der Waals surface area contributed by atoms with Crippen LogP contribution in [0.4, 0.5) is 0 Å². The first kappa shape index (κ1) is 11.1. The lowest BCUT2D eigenvalue weighted by atomic mass is 9.78. The first-order chi connectivity index (χ1) is 7.62. The van der Waals surface area contributed by atoms with Gasteiger partial charge in [-0.1, -0.05) is 30.3 Å². The van der Waals surface area contributed by atoms with E-state index >= 15 is 0 Å². The van der Waals surface area contributed by atoms with Gasteiger partial charge < -0.3 is 10.5 Å². The van der Waals surface area contributed by atoms with Crippen LogP contribution in [-0.2, 0) is 9.53 Å². The minimum absolute atomic E-state index is 0.227. The van der Waals surface area contributed by atoms with E-state index < -0.39 is 5.54 Å². The van der Waals surface area contributed by atoms with Crippen molar-refractivity contribution in [2.24, 2.45) is 5.73 Å². The molecule has 1 fully saturated rings. The first-order valence-electron chi connectivity index (χ1n) is 5.67. The smallest absolute Gasteiger partial charge is 0.326 e. The molecule has 0 spiro atoms. The largest absolute Gasteiger partial charge is 0.456 e. The van der Waals surface area contributed by atoms with Crippen LogP contribution in [0.1, 0.15) is 37.9 Å². The Hall–Kier alpha value is -1.35. The minimum atomic E-state index is -0.719. The molecule has 3 heteroatoms. The molecule has 0 bridgehead atoms. The van der Waals surface area contributed by atoms with Crippen molar-refractivity contribution in [2.45, 2.75) is 37.8 Å². The zero-order valence-electron chi connectivity index (χ0n) is 9.48. The molecule has 1 unspecified atom stereocenters. The first-order valence-corrected chi connectivity index (χ1v) is 5.67. The molecule has 1 aromatic rings. The number of carbonyl (C=O) groups is 1. The highest BCUT2D eigenvalue weighted by Crippen LogP contribution is 2.32. The molecule has 3 nitrogen and oxygen atoms in total. The third-order valence-electron chi connectivity index (χ3n) is 3.21. The van der Waals surface area contributed by atoms with Crippen molar-refractivity contribution in [3.8, 4) is 0 Å². The topological polar surface area (TPSA) is 52.3 Å². The highest BCUT2D eigenvalue weighted by Gasteiger charge is 2.42. The van der Waals surface area contributed by atoms with Crippen LogP contribution >= 0.6 is 0 Å². The van der Waals surface area contributed by atoms with Crippen molar-refractivity contribution in [3.63, 3.8) is 0 Å². The van der Waals surface area contributed by atoms with Gasteiger partial charge in [0.05, 0.1) is 0 Å². The number of hydrogen-bond acceptors (Lipinski definition) is 3. The lowest BCUT2D eigenvalue weighted by molar-refractivity contribution is -0.158. The van der Waals surface area contributed by atoms with Crippen LogP contribution in [0.15, 0.2) is 30.3 Å². The molecule has 16 heavy (non-hydrogen) atoms. The Balaban J connectivity index is 1.97. The molecule has 1 aliphatic carbocycles. The Labute approximate surface area is 95.6 Å². The Kier molecular flexibility index (Phi) is 2.97. The van der Waals surface area contributed by atoms with Crippen LogP contribution < -0.4 is 5.73 Å². The Bertz CT molecular complexity index is 371. The number of hydrogen-bond donors (Lipinski definition) is 1. The molecule has 2 rings (SSSR count). The fourth-order valence-corrected chi connectivity index (χ4v) is 1.83. The van der Waals surface area contributed by atoms with E-state index in [0.29, 0.717) is 0 Å². The fraction of sp³-hybridized carbons (Fsp3) is 0.462. The van der Waals surface area contributed by atoms with Crippen molar-refractivity contribution in [1.29, 1.82) is 0 Å². The summed E-state index contributed by atoms with van der Waals surface area (Å²) in [6.45, 7) is 1.87. The SMILES string of the molecule is CC(OC(=O)C1(N)CCC1)c1ccccc1. The Morgan fingerprint density at radius 2 is 2.00 bits per heavy atom. The van der Waals surface area contributed by atoms with Crippen molar-refractivity contribution < 1.29 is 9.53 Å². The molecular formula is C13H17NO2. The van der Waals surface area contributed by atoms with Gasteiger partial charge in [-0.2, -0.15) is 0 Å². The van der Waals surface area contributed by atoms with Crippen LogP contribution in [0, 0.1) is 0 Å². The van der Waals surface area contributed by atoms with Gasteiger partial charge in [-0.3, -0.25) is 4.79 Å². The van der Waals surface area contributed by atoms with Gasteiger partial charge in [0.15, 0.2) is 0 Å². The number of carbonyl (C=O) groups excluding carboxylic acids is 1. The van der Waals surface area contributed by atoms with Crippen molar-refractivity contribution in [2.75, 3.05) is 0 Å². The molecule has 0 saturated heterocycles. The molecule has 0 heterocycles. The number of rotatable bonds is 3. The molecule has 1 aliphatic rings. The fourth-order valence-electron chi connectivity index (χ4n) is 1.83. The van der Waals surface area contributed by atoms with E-state index in [2.05, 4.69) is 0 Å². The molecule has 0 aliphatic heterocycles. The van der Waals surface area contributed by atoms with E-state index in [-0.39, 0.29) is 12.1 Å². The summed E-state index contributed by atoms with van der Waals surface area (Å²) < 4.78 is 5.38. The van der Waals surface area contributed by atoms with Crippen molar-refractivity contribution in [3.05, 3.63) is 35.9 Å². The summed E-state index contributed by atoms with van der Waals surface area (Å²) in [6, 6.07) is 9.70. The average Bonchev–Trinajstić information content (AvgIpc) is 2.27. The van der Waals surface area contributed by atoms with Gasteiger partial charge in [0, 0.05) is 0 Å². The maximum atomic E-state index is 11.8. The van der Waals surface area contributed by atoms with Gasteiger partial charge in [-0.05, 0) is 31.7 Å². The lowest BCUT2D eigenvalue weighted by Crippen LogP contribution is -2.54. The zero-order valence-corrected chi connectivity index (χ0v) is 9.48. The van der Waals surface area contributed by atoms with E-state index in [0.717, 1.165) is 24.8 Å². The zero-order chi connectivity index (χ0) is 11.6. The normalized spacial score (nSPS) is 19.6. The molecule has 0 amide bonds. The molecule has 0 radical (unpaired) electrons. The highest BCUT2D eigenvalue weighted by atomic mass is 16.5. The third-order valence-corrected chi connectivity index (χ3v) is 3.21. The molecule has 1 atom stereocenters. The molecule has 2 N–H and O–H groups in total. The van der Waals surface area contributed by atoms with E-state index in [4.69, 9.17) is 10.5 Å². The van der Waals surface area contributed by atoms with Gasteiger partial charge in [0.25, 0.3) is 0 Å². The lowest BCUT2D eigenvalue weighted by Gasteiger charge is -2.36. The highest BCUT2D eigenvalue weighted by molar-refractivity contribution is 5.81. The molecule has 0 aromatic heterocycles. The number of benzene rings is 1. The van der Waals surface area contributed by atoms with Crippen LogP contribution in [0.5, 0.6) is 0 Å². The Morgan fingerprint density at radius 1 is 1.38 bits per heavy atom. The van der Waals surface area contributed by atoms with Gasteiger partial charge in [0.2, 0.25) is 0 Å². The predicted molar refractivity (Wildman–Crippen MR) is 61.7 cm³/mol. The van der Waals surface area contributed by atoms with Crippen LogP contribution in [0.25, 0.3) is 0 Å². The standard InChI is InChI=1S/C13H17NO2/c1-10(11-6-3-2-4-7-11)16-12(15)13(14)8-5-9-13/h2-4,6-7,10H,5,8-9,14H2,1H3. The molecule has 1 aromatic carbocycles. The summed E-state index contributed by atoms with van der Waals surface area (Å²) in [5.74, 6) is -0.268. The summed E-state index contributed by atoms with van der Waals surface area (Å²) in [5, 5.41) is 0. The molecule has 86 valence electrons. The van der Waals surface area contributed by atoms with Crippen LogP contribution in [0.2, 0.25) is 0 Å². The average molecular weight is 219 g/mol. The van der Waals surface area contributed by atoms with E-state index in [9.17, 15) is 4.79 Å². The second-order valence-corrected chi connectivity index (χ2v) is 4.47. The van der Waals surface area contributed by atoms with E-state index in [1.165, 1.54) is 0 Å². The summed E-state index contributed by atoms with van der Waals surface area (Å²) in [4.78, 5) is 11.8. The van der Waals surface area contributed by atoms with Gasteiger partial charge >= 0.3 is 5.97 Å². The predicted octanol–water partition coefficient (Wildman–Crippen LogP) is 2.17. The van der Waals surface area contributed by atoms with E-state index in [1.807, 2.05) is 37.3 Å². The quantitative estimate of drug-likeness (QED) is 0.793. The van der Waals surface area contributed by atoms with Crippen LogP contribution in [0.3, 0.4) is 0 Å². The van der Waals surface area contributed by atoms with Gasteiger partial charge in [0.1, 0.15) is 11.6 Å².